The van der Waals surface area contributed by atoms with Gasteiger partial charge in [-0.25, -0.2) is 0 Å². The molecule has 72 valence electrons. The molecule has 0 aliphatic heterocycles. The van der Waals surface area contributed by atoms with Gasteiger partial charge >= 0.3 is 0 Å². The van der Waals surface area contributed by atoms with E-state index in [1.807, 2.05) is 42.6 Å². The maximum Gasteiger partial charge on any atom is 0.0708 e. The van der Waals surface area contributed by atoms with E-state index in [0.29, 0.717) is 0 Å². The van der Waals surface area contributed by atoms with E-state index in [1.54, 1.807) is 0 Å². The van der Waals surface area contributed by atoms with Gasteiger partial charge in [0.05, 0.1) is 5.52 Å². The molecule has 0 unspecified atom stereocenters. The number of benzene rings is 2. The smallest absolute Gasteiger partial charge is 0.0708 e. The van der Waals surface area contributed by atoms with Gasteiger partial charge in [0, 0.05) is 22.0 Å². The molecule has 0 radical (unpaired) electrons. The molecule has 0 amide bonds. The Bertz CT molecular complexity index is 646. The molecule has 2 heteroatoms. The van der Waals surface area contributed by atoms with E-state index in [1.165, 1.54) is 10.8 Å². The van der Waals surface area contributed by atoms with E-state index in [9.17, 15) is 0 Å². The van der Waals surface area contributed by atoms with Crippen LogP contribution in [0.5, 0.6) is 0 Å². The molecule has 15 heavy (non-hydrogen) atoms. The fourth-order valence-electron chi connectivity index (χ4n) is 1.84. The molecule has 0 fully saturated rings. The molecule has 3 aromatic rings. The van der Waals surface area contributed by atoms with Gasteiger partial charge in [-0.1, -0.05) is 35.9 Å². The first-order chi connectivity index (χ1) is 7.34. The van der Waals surface area contributed by atoms with Crippen molar-refractivity contribution in [1.82, 2.24) is 4.98 Å². The lowest BCUT2D eigenvalue weighted by Gasteiger charge is -2.02. The average Bonchev–Trinajstić information content (AvgIpc) is 2.28. The van der Waals surface area contributed by atoms with Crippen LogP contribution >= 0.6 is 11.6 Å². The van der Waals surface area contributed by atoms with Crippen LogP contribution in [0.2, 0.25) is 5.02 Å². The van der Waals surface area contributed by atoms with Crippen molar-refractivity contribution in [2.75, 3.05) is 0 Å². The highest BCUT2D eigenvalue weighted by molar-refractivity contribution is 6.31. The van der Waals surface area contributed by atoms with Crippen LogP contribution in [0.25, 0.3) is 21.7 Å². The van der Waals surface area contributed by atoms with Crippen molar-refractivity contribution in [2.24, 2.45) is 0 Å². The minimum absolute atomic E-state index is 0.750. The molecule has 1 aromatic heterocycles. The Labute approximate surface area is 92.3 Å². The van der Waals surface area contributed by atoms with Crippen molar-refractivity contribution < 1.29 is 0 Å². The van der Waals surface area contributed by atoms with Gasteiger partial charge in [0.25, 0.3) is 0 Å². The van der Waals surface area contributed by atoms with Gasteiger partial charge < -0.3 is 0 Å². The Hall–Kier alpha value is -1.60. The monoisotopic (exact) mass is 213 g/mol. The quantitative estimate of drug-likeness (QED) is 0.514. The standard InChI is InChI=1S/C13H8ClN/c14-10-5-6-11-9(7-10)8-15-13-4-2-1-3-12(11)13/h1-8H. The van der Waals surface area contributed by atoms with Crippen molar-refractivity contribution in [3.05, 3.63) is 53.7 Å². The average molecular weight is 214 g/mol. The van der Waals surface area contributed by atoms with Gasteiger partial charge in [0.15, 0.2) is 0 Å². The van der Waals surface area contributed by atoms with Crippen molar-refractivity contribution in [1.29, 1.82) is 0 Å². The maximum atomic E-state index is 5.94. The third-order valence-electron chi connectivity index (χ3n) is 2.55. The zero-order valence-electron chi connectivity index (χ0n) is 7.94. The fourth-order valence-corrected chi connectivity index (χ4v) is 2.02. The van der Waals surface area contributed by atoms with Gasteiger partial charge in [0.2, 0.25) is 0 Å². The molecule has 1 nitrogen and oxygen atoms in total. The molecule has 0 saturated carbocycles. The van der Waals surface area contributed by atoms with E-state index in [4.69, 9.17) is 11.6 Å². The number of pyridine rings is 1. The second kappa shape index (κ2) is 3.21. The van der Waals surface area contributed by atoms with Crippen molar-refractivity contribution >= 4 is 33.3 Å². The Morgan fingerprint density at radius 3 is 2.73 bits per heavy atom. The number of aromatic nitrogens is 1. The number of nitrogens with zero attached hydrogens (tertiary/aromatic N) is 1. The van der Waals surface area contributed by atoms with E-state index in [-0.39, 0.29) is 0 Å². The zero-order valence-corrected chi connectivity index (χ0v) is 8.70. The van der Waals surface area contributed by atoms with Crippen molar-refractivity contribution in [2.45, 2.75) is 0 Å². The SMILES string of the molecule is Clc1ccc2c(cnc3ccccc32)c1. The summed E-state index contributed by atoms with van der Waals surface area (Å²) in [7, 11) is 0. The van der Waals surface area contributed by atoms with Crippen LogP contribution in [0.1, 0.15) is 0 Å². The molecule has 1 heterocycles. The van der Waals surface area contributed by atoms with E-state index in [0.717, 1.165) is 15.9 Å². The first-order valence-electron chi connectivity index (χ1n) is 4.77. The molecule has 0 atom stereocenters. The zero-order chi connectivity index (χ0) is 10.3. The van der Waals surface area contributed by atoms with E-state index < -0.39 is 0 Å². The van der Waals surface area contributed by atoms with Crippen LogP contribution in [0.4, 0.5) is 0 Å². The fraction of sp³-hybridized carbons (Fsp3) is 0. The van der Waals surface area contributed by atoms with Crippen LogP contribution in [0.15, 0.2) is 48.7 Å². The molecule has 0 N–H and O–H groups in total. The second-order valence-electron chi connectivity index (χ2n) is 3.51. The number of fused-ring (bicyclic) bond motifs is 3. The highest BCUT2D eigenvalue weighted by Crippen LogP contribution is 2.25. The molecule has 0 bridgehead atoms. The number of rotatable bonds is 0. The van der Waals surface area contributed by atoms with Gasteiger partial charge in [-0.2, -0.15) is 0 Å². The first-order valence-corrected chi connectivity index (χ1v) is 5.15. The van der Waals surface area contributed by atoms with E-state index >= 15 is 0 Å². The number of para-hydroxylation sites is 1. The molecule has 0 saturated heterocycles. The Balaban J connectivity index is 2.55. The summed E-state index contributed by atoms with van der Waals surface area (Å²) in [5.74, 6) is 0. The summed E-state index contributed by atoms with van der Waals surface area (Å²) in [6, 6.07) is 14.0. The summed E-state index contributed by atoms with van der Waals surface area (Å²) >= 11 is 5.94. The number of hydrogen-bond donors (Lipinski definition) is 0. The van der Waals surface area contributed by atoms with Gasteiger partial charge in [-0.3, -0.25) is 4.98 Å². The van der Waals surface area contributed by atoms with Gasteiger partial charge in [-0.15, -0.1) is 0 Å². The topological polar surface area (TPSA) is 12.9 Å². The minimum atomic E-state index is 0.750. The predicted molar refractivity (Wildman–Crippen MR) is 64.3 cm³/mol. The lowest BCUT2D eigenvalue weighted by molar-refractivity contribution is 1.44. The first kappa shape index (κ1) is 8.69. The normalized spacial score (nSPS) is 11.0. The summed E-state index contributed by atoms with van der Waals surface area (Å²) in [5.41, 5.74) is 1.02. The number of halogens is 1. The van der Waals surface area contributed by atoms with Crippen LogP contribution in [0.3, 0.4) is 0 Å². The molecule has 2 aromatic carbocycles. The summed E-state index contributed by atoms with van der Waals surface area (Å²) in [5, 5.41) is 4.21. The largest absolute Gasteiger partial charge is 0.256 e. The predicted octanol–water partition coefficient (Wildman–Crippen LogP) is 4.04. The third-order valence-corrected chi connectivity index (χ3v) is 2.79. The minimum Gasteiger partial charge on any atom is -0.256 e. The third kappa shape index (κ3) is 1.36. The van der Waals surface area contributed by atoms with Crippen LogP contribution < -0.4 is 0 Å². The lowest BCUT2D eigenvalue weighted by Crippen LogP contribution is -1.81. The molecule has 3 rings (SSSR count). The highest BCUT2D eigenvalue weighted by atomic mass is 35.5. The maximum absolute atomic E-state index is 5.94. The van der Waals surface area contributed by atoms with Crippen molar-refractivity contribution in [3.63, 3.8) is 0 Å². The molecular weight excluding hydrogens is 206 g/mol. The number of hydrogen-bond acceptors (Lipinski definition) is 1. The summed E-state index contributed by atoms with van der Waals surface area (Å²) in [6.07, 6.45) is 1.86. The molecule has 0 spiro atoms. The van der Waals surface area contributed by atoms with E-state index in [2.05, 4.69) is 11.1 Å². The van der Waals surface area contributed by atoms with Crippen LogP contribution in [-0.2, 0) is 0 Å². The molecular formula is C13H8ClN. The second-order valence-corrected chi connectivity index (χ2v) is 3.94. The summed E-state index contributed by atoms with van der Waals surface area (Å²) in [6.45, 7) is 0. The summed E-state index contributed by atoms with van der Waals surface area (Å²) < 4.78 is 0. The summed E-state index contributed by atoms with van der Waals surface area (Å²) in [4.78, 5) is 4.39. The molecule has 0 aliphatic rings. The Kier molecular flexibility index (Phi) is 1.86. The Morgan fingerprint density at radius 1 is 0.933 bits per heavy atom. The van der Waals surface area contributed by atoms with Gasteiger partial charge in [0.1, 0.15) is 0 Å². The van der Waals surface area contributed by atoms with Crippen LogP contribution in [0, 0.1) is 0 Å². The van der Waals surface area contributed by atoms with Crippen molar-refractivity contribution in [3.8, 4) is 0 Å². The highest BCUT2D eigenvalue weighted by Gasteiger charge is 2.00. The van der Waals surface area contributed by atoms with Gasteiger partial charge in [-0.05, 0) is 23.6 Å². The lowest BCUT2D eigenvalue weighted by atomic mass is 10.1. The Morgan fingerprint density at radius 2 is 1.80 bits per heavy atom. The van der Waals surface area contributed by atoms with Crippen LogP contribution in [-0.4, -0.2) is 4.98 Å². The molecule has 0 aliphatic carbocycles.